The molecular weight excluding hydrogens is 322 g/mol. The Kier molecular flexibility index (Phi) is 4.69. The van der Waals surface area contributed by atoms with Crippen LogP contribution in [0.1, 0.15) is 28.8 Å². The number of nitrogens with zero attached hydrogens (tertiary/aromatic N) is 4. The zero-order chi connectivity index (χ0) is 17.8. The molecule has 0 atom stereocenters. The maximum atomic E-state index is 12.0. The number of aromatic nitrogens is 4. The number of anilines is 1. The first kappa shape index (κ1) is 16.6. The first-order valence-corrected chi connectivity index (χ1v) is 7.81. The highest BCUT2D eigenvalue weighted by Gasteiger charge is 2.17. The van der Waals surface area contributed by atoms with Crippen molar-refractivity contribution in [2.45, 2.75) is 20.3 Å². The average Bonchev–Trinajstić information content (AvgIpc) is 3.05. The Hall–Kier alpha value is -3.29. The van der Waals surface area contributed by atoms with E-state index in [1.807, 2.05) is 32.0 Å². The van der Waals surface area contributed by atoms with E-state index in [4.69, 9.17) is 4.74 Å². The first-order chi connectivity index (χ1) is 12.1. The van der Waals surface area contributed by atoms with Gasteiger partial charge in [0.25, 0.3) is 17.5 Å². The Labute approximate surface area is 143 Å². The van der Waals surface area contributed by atoms with Gasteiger partial charge in [0.05, 0.1) is 0 Å². The molecule has 2 heterocycles. The molecule has 3 rings (SSSR count). The number of carbonyl (C=O) groups excluding carboxylic acids is 2. The van der Waals surface area contributed by atoms with Crippen molar-refractivity contribution in [3.63, 3.8) is 0 Å². The molecule has 8 heteroatoms. The molecule has 0 aliphatic heterocycles. The van der Waals surface area contributed by atoms with Crippen LogP contribution in [0.15, 0.2) is 36.5 Å². The van der Waals surface area contributed by atoms with Crippen LogP contribution in [-0.4, -0.2) is 38.1 Å². The molecule has 2 aromatic heterocycles. The monoisotopic (exact) mass is 339 g/mol. The molecule has 3 aromatic rings. The average molecular weight is 339 g/mol. The highest BCUT2D eigenvalue weighted by molar-refractivity contribution is 5.94. The third-order valence-corrected chi connectivity index (χ3v) is 3.57. The van der Waals surface area contributed by atoms with E-state index in [1.54, 1.807) is 18.3 Å². The Morgan fingerprint density at radius 3 is 2.88 bits per heavy atom. The third-order valence-electron chi connectivity index (χ3n) is 3.57. The van der Waals surface area contributed by atoms with Crippen molar-refractivity contribution in [3.05, 3.63) is 53.6 Å². The van der Waals surface area contributed by atoms with E-state index in [0.717, 1.165) is 17.7 Å². The molecule has 128 valence electrons. The summed E-state index contributed by atoms with van der Waals surface area (Å²) in [6.07, 6.45) is 2.44. The van der Waals surface area contributed by atoms with Gasteiger partial charge in [-0.15, -0.1) is 5.10 Å². The molecule has 0 aliphatic carbocycles. The van der Waals surface area contributed by atoms with E-state index in [9.17, 15) is 9.59 Å². The number of hydrogen-bond acceptors (Lipinski definition) is 6. The molecule has 1 N–H and O–H groups in total. The van der Waals surface area contributed by atoms with Gasteiger partial charge in [-0.25, -0.2) is 14.3 Å². The van der Waals surface area contributed by atoms with Gasteiger partial charge in [-0.1, -0.05) is 19.1 Å². The zero-order valence-electron chi connectivity index (χ0n) is 13.9. The number of carbonyl (C=O) groups is 2. The fourth-order valence-electron chi connectivity index (χ4n) is 2.25. The molecule has 0 radical (unpaired) electrons. The van der Waals surface area contributed by atoms with Gasteiger partial charge in [0.15, 0.2) is 6.61 Å². The number of ether oxygens (including phenoxy) is 1. The van der Waals surface area contributed by atoms with Crippen LogP contribution in [0.3, 0.4) is 0 Å². The summed E-state index contributed by atoms with van der Waals surface area (Å²) in [5, 5.41) is 6.72. The van der Waals surface area contributed by atoms with Crippen molar-refractivity contribution in [1.82, 2.24) is 19.6 Å². The predicted molar refractivity (Wildman–Crippen MR) is 90.3 cm³/mol. The lowest BCUT2D eigenvalue weighted by atomic mass is 10.1. The van der Waals surface area contributed by atoms with Crippen LogP contribution < -0.4 is 5.32 Å². The largest absolute Gasteiger partial charge is 0.450 e. The number of benzene rings is 1. The predicted octanol–water partition coefficient (Wildman–Crippen LogP) is 1.79. The van der Waals surface area contributed by atoms with Gasteiger partial charge in [-0.3, -0.25) is 4.79 Å². The third kappa shape index (κ3) is 3.79. The quantitative estimate of drug-likeness (QED) is 0.712. The molecular formula is C17H17N5O3. The Bertz CT molecular complexity index is 935. The van der Waals surface area contributed by atoms with Gasteiger partial charge in [-0.2, -0.15) is 4.98 Å². The van der Waals surface area contributed by atoms with Crippen molar-refractivity contribution in [2.75, 3.05) is 11.9 Å². The summed E-state index contributed by atoms with van der Waals surface area (Å²) in [5.41, 5.74) is 2.54. The summed E-state index contributed by atoms with van der Waals surface area (Å²) in [7, 11) is 0. The maximum Gasteiger partial charge on any atom is 0.378 e. The second kappa shape index (κ2) is 7.08. The van der Waals surface area contributed by atoms with E-state index in [2.05, 4.69) is 20.4 Å². The van der Waals surface area contributed by atoms with Gasteiger partial charge >= 0.3 is 5.97 Å². The second-order valence-corrected chi connectivity index (χ2v) is 5.41. The van der Waals surface area contributed by atoms with Gasteiger partial charge in [-0.05, 0) is 37.1 Å². The van der Waals surface area contributed by atoms with Gasteiger partial charge in [0, 0.05) is 17.6 Å². The van der Waals surface area contributed by atoms with E-state index >= 15 is 0 Å². The van der Waals surface area contributed by atoms with Crippen molar-refractivity contribution in [2.24, 2.45) is 0 Å². The minimum Gasteiger partial charge on any atom is -0.450 e. The fourth-order valence-corrected chi connectivity index (χ4v) is 2.25. The van der Waals surface area contributed by atoms with E-state index in [1.165, 1.54) is 4.52 Å². The molecule has 0 spiro atoms. The summed E-state index contributed by atoms with van der Waals surface area (Å²) in [6, 6.07) is 9.22. The van der Waals surface area contributed by atoms with Crippen LogP contribution in [-0.2, 0) is 16.0 Å². The molecule has 0 saturated heterocycles. The fraction of sp³-hybridized carbons (Fsp3) is 0.235. The Balaban J connectivity index is 1.61. The van der Waals surface area contributed by atoms with Crippen molar-refractivity contribution in [1.29, 1.82) is 0 Å². The first-order valence-electron chi connectivity index (χ1n) is 7.81. The highest BCUT2D eigenvalue weighted by Crippen LogP contribution is 2.11. The number of fused-ring (bicyclic) bond motifs is 1. The van der Waals surface area contributed by atoms with Crippen LogP contribution >= 0.6 is 0 Å². The number of hydrogen-bond donors (Lipinski definition) is 1. The van der Waals surface area contributed by atoms with Crippen LogP contribution in [0.25, 0.3) is 5.78 Å². The second-order valence-electron chi connectivity index (χ2n) is 5.41. The molecule has 8 nitrogen and oxygen atoms in total. The maximum absolute atomic E-state index is 12.0. The van der Waals surface area contributed by atoms with E-state index in [-0.39, 0.29) is 5.82 Å². The lowest BCUT2D eigenvalue weighted by molar-refractivity contribution is -0.119. The van der Waals surface area contributed by atoms with Gasteiger partial charge < -0.3 is 10.1 Å². The Morgan fingerprint density at radius 2 is 2.12 bits per heavy atom. The molecule has 1 aromatic carbocycles. The number of rotatable bonds is 5. The number of nitrogens with one attached hydrogen (secondary N) is 1. The highest BCUT2D eigenvalue weighted by atomic mass is 16.5. The summed E-state index contributed by atoms with van der Waals surface area (Å²) >= 11 is 0. The minimum atomic E-state index is -0.776. The lowest BCUT2D eigenvalue weighted by Crippen LogP contribution is -2.21. The van der Waals surface area contributed by atoms with Crippen molar-refractivity contribution < 1.29 is 14.3 Å². The SMILES string of the molecule is CCc1cccc(NC(=O)COC(=O)c2nc3nccc(C)n3n2)c1. The van der Waals surface area contributed by atoms with Crippen molar-refractivity contribution in [3.8, 4) is 0 Å². The minimum absolute atomic E-state index is 0.136. The molecule has 1 amide bonds. The lowest BCUT2D eigenvalue weighted by Gasteiger charge is -2.06. The summed E-state index contributed by atoms with van der Waals surface area (Å²) < 4.78 is 6.41. The molecule has 0 saturated carbocycles. The van der Waals surface area contributed by atoms with Gasteiger partial charge in [0.2, 0.25) is 0 Å². The smallest absolute Gasteiger partial charge is 0.378 e. The number of aryl methyl sites for hydroxylation is 2. The molecule has 0 aliphatic rings. The van der Waals surface area contributed by atoms with Gasteiger partial charge in [0.1, 0.15) is 0 Å². The summed E-state index contributed by atoms with van der Waals surface area (Å²) in [6.45, 7) is 3.43. The van der Waals surface area contributed by atoms with Crippen LogP contribution in [0.5, 0.6) is 0 Å². The molecule has 0 fully saturated rings. The molecule has 0 bridgehead atoms. The van der Waals surface area contributed by atoms with Crippen molar-refractivity contribution >= 4 is 23.3 Å². The standard InChI is InChI=1S/C17H17N5O3/c1-3-12-5-4-6-13(9-12)19-14(23)10-25-16(24)15-20-17-18-8-7-11(2)22(17)21-15/h4-9H,3,10H2,1-2H3,(H,19,23). The topological polar surface area (TPSA) is 98.5 Å². The zero-order valence-corrected chi connectivity index (χ0v) is 13.9. The van der Waals surface area contributed by atoms with E-state index < -0.39 is 18.5 Å². The number of amides is 1. The van der Waals surface area contributed by atoms with E-state index in [0.29, 0.717) is 11.5 Å². The van der Waals surface area contributed by atoms with Crippen LogP contribution in [0.4, 0.5) is 5.69 Å². The summed E-state index contributed by atoms with van der Waals surface area (Å²) in [5.74, 6) is -1.04. The van der Waals surface area contributed by atoms with Crippen LogP contribution in [0.2, 0.25) is 0 Å². The normalized spacial score (nSPS) is 10.6. The number of esters is 1. The summed E-state index contributed by atoms with van der Waals surface area (Å²) in [4.78, 5) is 31.9. The van der Waals surface area contributed by atoms with Crippen LogP contribution in [0, 0.1) is 6.92 Å². The molecule has 25 heavy (non-hydrogen) atoms. The Morgan fingerprint density at radius 1 is 1.28 bits per heavy atom. The molecule has 0 unspecified atom stereocenters.